The van der Waals surface area contributed by atoms with Gasteiger partial charge in [-0.15, -0.1) is 0 Å². The molecule has 0 aliphatic carbocycles. The van der Waals surface area contributed by atoms with Crippen LogP contribution in [-0.2, 0) is 10.0 Å². The fourth-order valence-corrected chi connectivity index (χ4v) is 4.43. The first-order valence-electron chi connectivity index (χ1n) is 8.00. The van der Waals surface area contributed by atoms with Gasteiger partial charge in [-0.3, -0.25) is 9.52 Å². The molecule has 29 heavy (non-hydrogen) atoms. The van der Waals surface area contributed by atoms with Crippen LogP contribution in [0.2, 0.25) is 10.0 Å². The minimum absolute atomic E-state index is 0.0112. The highest BCUT2D eigenvalue weighted by Crippen LogP contribution is 2.27. The van der Waals surface area contributed by atoms with E-state index in [0.29, 0.717) is 5.69 Å². The van der Waals surface area contributed by atoms with Crippen molar-refractivity contribution in [2.45, 2.75) is 4.90 Å². The standard InChI is InChI=1S/C19H12BrCl2FN2O3S/c20-12-2-5-14(6-3-12)25-29(27,28)18-9-11(1-7-15(18)21)19(26)24-17-8-4-13(23)10-16(17)22/h1-10,25H,(H,24,26). The smallest absolute Gasteiger partial charge is 0.263 e. The molecule has 3 rings (SSSR count). The van der Waals surface area contributed by atoms with Crippen LogP contribution in [0.5, 0.6) is 0 Å². The molecule has 0 atom stereocenters. The fraction of sp³-hybridized carbons (Fsp3) is 0. The van der Waals surface area contributed by atoms with Gasteiger partial charge in [0, 0.05) is 15.7 Å². The molecule has 0 radical (unpaired) electrons. The predicted octanol–water partition coefficient (Wildman–Crippen LogP) is 5.95. The Labute approximate surface area is 185 Å². The molecule has 0 aliphatic rings. The summed E-state index contributed by atoms with van der Waals surface area (Å²) in [4.78, 5) is 12.2. The summed E-state index contributed by atoms with van der Waals surface area (Å²) in [5.41, 5.74) is 0.550. The molecule has 0 aliphatic heterocycles. The molecule has 5 nitrogen and oxygen atoms in total. The lowest BCUT2D eigenvalue weighted by Gasteiger charge is -2.12. The van der Waals surface area contributed by atoms with E-state index < -0.39 is 21.7 Å². The van der Waals surface area contributed by atoms with Crippen molar-refractivity contribution in [3.05, 3.63) is 86.6 Å². The highest BCUT2D eigenvalue weighted by molar-refractivity contribution is 9.10. The van der Waals surface area contributed by atoms with Gasteiger partial charge in [-0.1, -0.05) is 39.1 Å². The number of rotatable bonds is 5. The van der Waals surface area contributed by atoms with Crippen LogP contribution in [0.1, 0.15) is 10.4 Å². The van der Waals surface area contributed by atoms with Crippen LogP contribution >= 0.6 is 39.1 Å². The molecule has 0 fully saturated rings. The van der Waals surface area contributed by atoms with Gasteiger partial charge in [0.1, 0.15) is 10.7 Å². The van der Waals surface area contributed by atoms with Gasteiger partial charge in [0.05, 0.1) is 15.7 Å². The lowest BCUT2D eigenvalue weighted by Crippen LogP contribution is -2.16. The molecule has 1 amide bonds. The number of anilines is 2. The molecule has 3 aromatic rings. The Morgan fingerprint density at radius 1 is 0.931 bits per heavy atom. The Kier molecular flexibility index (Phi) is 6.48. The molecule has 0 spiro atoms. The number of sulfonamides is 1. The zero-order valence-corrected chi connectivity index (χ0v) is 18.3. The van der Waals surface area contributed by atoms with Crippen molar-refractivity contribution in [1.82, 2.24) is 0 Å². The Hall–Kier alpha value is -2.13. The normalized spacial score (nSPS) is 11.2. The molecule has 0 unspecified atom stereocenters. The van der Waals surface area contributed by atoms with Crippen molar-refractivity contribution in [3.63, 3.8) is 0 Å². The van der Waals surface area contributed by atoms with Crippen LogP contribution in [-0.4, -0.2) is 14.3 Å². The molecule has 0 bridgehead atoms. The van der Waals surface area contributed by atoms with Crippen LogP contribution in [0.3, 0.4) is 0 Å². The summed E-state index contributed by atoms with van der Waals surface area (Å²) >= 11 is 15.2. The molecule has 0 aromatic heterocycles. The predicted molar refractivity (Wildman–Crippen MR) is 116 cm³/mol. The van der Waals surface area contributed by atoms with Crippen molar-refractivity contribution < 1.29 is 17.6 Å². The second-order valence-electron chi connectivity index (χ2n) is 5.84. The zero-order chi connectivity index (χ0) is 21.2. The van der Waals surface area contributed by atoms with Gasteiger partial charge in [0.2, 0.25) is 0 Å². The third-order valence-electron chi connectivity index (χ3n) is 3.76. The van der Waals surface area contributed by atoms with Crippen LogP contribution < -0.4 is 10.0 Å². The van der Waals surface area contributed by atoms with E-state index in [0.717, 1.165) is 22.7 Å². The SMILES string of the molecule is O=C(Nc1ccc(F)cc1Cl)c1ccc(Cl)c(S(=O)(=O)Nc2ccc(Br)cc2)c1. The number of hydrogen-bond acceptors (Lipinski definition) is 3. The van der Waals surface area contributed by atoms with Crippen molar-refractivity contribution in [2.24, 2.45) is 0 Å². The number of amides is 1. The Bertz CT molecular complexity index is 1190. The van der Waals surface area contributed by atoms with Crippen LogP contribution in [0.25, 0.3) is 0 Å². The first kappa shape index (κ1) is 21.6. The zero-order valence-electron chi connectivity index (χ0n) is 14.4. The van der Waals surface area contributed by atoms with Gasteiger partial charge in [-0.25, -0.2) is 12.8 Å². The average Bonchev–Trinajstić information content (AvgIpc) is 2.66. The molecule has 0 saturated carbocycles. The molecular weight excluding hydrogens is 506 g/mol. The summed E-state index contributed by atoms with van der Waals surface area (Å²) < 4.78 is 41.8. The summed E-state index contributed by atoms with van der Waals surface area (Å²) in [5.74, 6) is -1.18. The maximum absolute atomic E-state index is 13.1. The first-order valence-corrected chi connectivity index (χ1v) is 11.0. The summed E-state index contributed by atoms with van der Waals surface area (Å²) in [6, 6.07) is 13.8. The first-order chi connectivity index (χ1) is 13.7. The van der Waals surface area contributed by atoms with Crippen molar-refractivity contribution in [1.29, 1.82) is 0 Å². The number of carbonyl (C=O) groups is 1. The van der Waals surface area contributed by atoms with Gasteiger partial charge in [-0.2, -0.15) is 0 Å². The molecule has 0 saturated heterocycles. The quantitative estimate of drug-likeness (QED) is 0.439. The second kappa shape index (κ2) is 8.71. The molecule has 150 valence electrons. The van der Waals surface area contributed by atoms with E-state index in [1.807, 2.05) is 0 Å². The van der Waals surface area contributed by atoms with E-state index in [4.69, 9.17) is 23.2 Å². The number of nitrogens with one attached hydrogen (secondary N) is 2. The van der Waals surface area contributed by atoms with Gasteiger partial charge in [-0.05, 0) is 60.7 Å². The summed E-state index contributed by atoms with van der Waals surface area (Å²) in [6.45, 7) is 0. The Morgan fingerprint density at radius 3 is 2.28 bits per heavy atom. The number of carbonyl (C=O) groups excluding carboxylic acids is 1. The van der Waals surface area contributed by atoms with E-state index in [2.05, 4.69) is 26.0 Å². The summed E-state index contributed by atoms with van der Waals surface area (Å²) in [6.07, 6.45) is 0. The number of benzene rings is 3. The second-order valence-corrected chi connectivity index (χ2v) is 9.22. The molecule has 10 heteroatoms. The van der Waals surface area contributed by atoms with E-state index in [1.165, 1.54) is 18.2 Å². The molecule has 2 N–H and O–H groups in total. The van der Waals surface area contributed by atoms with E-state index in [1.54, 1.807) is 24.3 Å². The topological polar surface area (TPSA) is 75.3 Å². The largest absolute Gasteiger partial charge is 0.321 e. The van der Waals surface area contributed by atoms with Crippen LogP contribution in [0.4, 0.5) is 15.8 Å². The molecular formula is C19H12BrCl2FN2O3S. The van der Waals surface area contributed by atoms with Gasteiger partial charge < -0.3 is 5.32 Å². The van der Waals surface area contributed by atoms with E-state index >= 15 is 0 Å². The minimum atomic E-state index is -4.05. The van der Waals surface area contributed by atoms with E-state index in [9.17, 15) is 17.6 Å². The highest BCUT2D eigenvalue weighted by Gasteiger charge is 2.21. The Balaban J connectivity index is 1.88. The van der Waals surface area contributed by atoms with Gasteiger partial charge >= 0.3 is 0 Å². The maximum atomic E-state index is 13.1. The van der Waals surface area contributed by atoms with Gasteiger partial charge in [0.25, 0.3) is 15.9 Å². The molecule has 3 aromatic carbocycles. The van der Waals surface area contributed by atoms with Crippen LogP contribution in [0, 0.1) is 5.82 Å². The van der Waals surface area contributed by atoms with Crippen molar-refractivity contribution in [2.75, 3.05) is 10.0 Å². The highest BCUT2D eigenvalue weighted by atomic mass is 79.9. The summed E-state index contributed by atoms with van der Waals surface area (Å²) in [5, 5.41) is 2.47. The third-order valence-corrected chi connectivity index (χ3v) is 6.46. The lowest BCUT2D eigenvalue weighted by molar-refractivity contribution is 0.102. The molecule has 0 heterocycles. The number of hydrogen-bond donors (Lipinski definition) is 2. The lowest BCUT2D eigenvalue weighted by atomic mass is 10.2. The minimum Gasteiger partial charge on any atom is -0.321 e. The summed E-state index contributed by atoms with van der Waals surface area (Å²) in [7, 11) is -4.05. The van der Waals surface area contributed by atoms with Crippen molar-refractivity contribution >= 4 is 66.4 Å². The Morgan fingerprint density at radius 2 is 1.62 bits per heavy atom. The van der Waals surface area contributed by atoms with Crippen LogP contribution in [0.15, 0.2) is 70.0 Å². The monoisotopic (exact) mass is 516 g/mol. The number of halogens is 4. The van der Waals surface area contributed by atoms with Gasteiger partial charge in [0.15, 0.2) is 0 Å². The maximum Gasteiger partial charge on any atom is 0.263 e. The van der Waals surface area contributed by atoms with Crippen molar-refractivity contribution in [3.8, 4) is 0 Å². The fourth-order valence-electron chi connectivity index (χ4n) is 2.36. The average molecular weight is 518 g/mol. The van der Waals surface area contributed by atoms with E-state index in [-0.39, 0.29) is 26.2 Å². The third kappa shape index (κ3) is 5.27.